The molecule has 0 aliphatic carbocycles. The third-order valence-corrected chi connectivity index (χ3v) is 5.28. The van der Waals surface area contributed by atoms with Gasteiger partial charge in [-0.3, -0.25) is 4.90 Å². The first kappa shape index (κ1) is 26.6. The number of aliphatic hydroxyl groups excluding tert-OH is 2. The van der Waals surface area contributed by atoms with Gasteiger partial charge in [-0.15, -0.1) is 0 Å². The molecule has 2 unspecified atom stereocenters. The van der Waals surface area contributed by atoms with Crippen LogP contribution in [-0.2, 0) is 4.79 Å². The summed E-state index contributed by atoms with van der Waals surface area (Å²) in [6, 6.07) is 0. The van der Waals surface area contributed by atoms with Gasteiger partial charge in [0.15, 0.2) is 0 Å². The molecule has 4 heteroatoms. The molecular formula is C23H47NO3. The Hall–Kier alpha value is -0.450. The largest absolute Gasteiger partial charge is 0.392 e. The van der Waals surface area contributed by atoms with Gasteiger partial charge >= 0.3 is 0 Å². The fourth-order valence-corrected chi connectivity index (χ4v) is 3.59. The van der Waals surface area contributed by atoms with Crippen molar-refractivity contribution < 1.29 is 15.0 Å². The highest BCUT2D eigenvalue weighted by Gasteiger charge is 2.15. The standard InChI is InChI=1S/C23H47NO3/c1-3-5-7-9-11-13-16-22(26)20-24(18-15-19-25)21-23(27)17-14-12-10-8-6-4-2/h19,22-23,26-27H,3-18,20-21H2,1-2H3. The molecule has 0 amide bonds. The van der Waals surface area contributed by atoms with Crippen molar-refractivity contribution in [2.75, 3.05) is 19.6 Å². The normalized spacial score (nSPS) is 13.8. The van der Waals surface area contributed by atoms with Crippen molar-refractivity contribution in [2.24, 2.45) is 0 Å². The Labute approximate surface area is 168 Å². The summed E-state index contributed by atoms with van der Waals surface area (Å²) in [5, 5.41) is 20.6. The maximum atomic E-state index is 10.7. The fraction of sp³-hybridized carbons (Fsp3) is 0.957. The molecule has 0 spiro atoms. The Balaban J connectivity index is 3.97. The second-order valence-electron chi connectivity index (χ2n) is 8.14. The quantitative estimate of drug-likeness (QED) is 0.213. The summed E-state index contributed by atoms with van der Waals surface area (Å²) in [6.07, 6.45) is 17.0. The molecule has 0 saturated carbocycles. The van der Waals surface area contributed by atoms with Crippen LogP contribution in [0, 0.1) is 0 Å². The summed E-state index contributed by atoms with van der Waals surface area (Å²) in [7, 11) is 0. The van der Waals surface area contributed by atoms with Crippen LogP contribution in [-0.4, -0.2) is 53.2 Å². The van der Waals surface area contributed by atoms with Gasteiger partial charge in [-0.05, 0) is 12.8 Å². The highest BCUT2D eigenvalue weighted by molar-refractivity contribution is 5.49. The van der Waals surface area contributed by atoms with E-state index in [1.165, 1.54) is 64.2 Å². The molecule has 2 N–H and O–H groups in total. The molecule has 0 bridgehead atoms. The fourth-order valence-electron chi connectivity index (χ4n) is 3.59. The van der Waals surface area contributed by atoms with Crippen LogP contribution >= 0.6 is 0 Å². The van der Waals surface area contributed by atoms with E-state index in [9.17, 15) is 15.0 Å². The Morgan fingerprint density at radius 2 is 1.11 bits per heavy atom. The van der Waals surface area contributed by atoms with Gasteiger partial charge < -0.3 is 15.0 Å². The van der Waals surface area contributed by atoms with E-state index in [4.69, 9.17) is 0 Å². The average Bonchev–Trinajstić information content (AvgIpc) is 2.65. The van der Waals surface area contributed by atoms with E-state index in [0.717, 1.165) is 32.0 Å². The lowest BCUT2D eigenvalue weighted by molar-refractivity contribution is -0.108. The first-order valence-electron chi connectivity index (χ1n) is 11.7. The van der Waals surface area contributed by atoms with E-state index in [1.807, 2.05) is 0 Å². The molecule has 0 aliphatic rings. The summed E-state index contributed by atoms with van der Waals surface area (Å²) < 4.78 is 0. The molecule has 27 heavy (non-hydrogen) atoms. The van der Waals surface area contributed by atoms with E-state index >= 15 is 0 Å². The van der Waals surface area contributed by atoms with Crippen molar-refractivity contribution in [3.05, 3.63) is 0 Å². The molecule has 0 aromatic carbocycles. The van der Waals surface area contributed by atoms with Gasteiger partial charge in [0.25, 0.3) is 0 Å². The number of nitrogens with zero attached hydrogens (tertiary/aromatic N) is 1. The van der Waals surface area contributed by atoms with Gasteiger partial charge in [0, 0.05) is 26.1 Å². The zero-order valence-electron chi connectivity index (χ0n) is 18.2. The van der Waals surface area contributed by atoms with Crippen LogP contribution in [0.25, 0.3) is 0 Å². The number of hydrogen-bond acceptors (Lipinski definition) is 4. The molecule has 2 atom stereocenters. The van der Waals surface area contributed by atoms with Crippen LogP contribution in [0.3, 0.4) is 0 Å². The third-order valence-electron chi connectivity index (χ3n) is 5.28. The summed E-state index contributed by atoms with van der Waals surface area (Å²) in [5.74, 6) is 0. The van der Waals surface area contributed by atoms with Gasteiger partial charge in [-0.2, -0.15) is 0 Å². The molecule has 0 radical (unpaired) electrons. The minimum Gasteiger partial charge on any atom is -0.392 e. The van der Waals surface area contributed by atoms with Gasteiger partial charge in [-0.25, -0.2) is 0 Å². The Kier molecular flexibility index (Phi) is 20.0. The third kappa shape index (κ3) is 18.7. The number of hydrogen-bond donors (Lipinski definition) is 2. The van der Waals surface area contributed by atoms with Gasteiger partial charge in [-0.1, -0.05) is 90.9 Å². The lowest BCUT2D eigenvalue weighted by Gasteiger charge is -2.27. The molecule has 162 valence electrons. The molecule has 0 aromatic heterocycles. The SMILES string of the molecule is CCCCCCCCC(O)CN(CCC=O)CC(O)CCCCCCCC. The molecule has 0 aromatic rings. The topological polar surface area (TPSA) is 60.8 Å². The lowest BCUT2D eigenvalue weighted by atomic mass is 10.1. The minimum atomic E-state index is -0.357. The second kappa shape index (κ2) is 20.3. The van der Waals surface area contributed by atoms with Crippen LogP contribution in [0.5, 0.6) is 0 Å². The Morgan fingerprint density at radius 1 is 0.704 bits per heavy atom. The summed E-state index contributed by atoms with van der Waals surface area (Å²) >= 11 is 0. The maximum Gasteiger partial charge on any atom is 0.121 e. The van der Waals surface area contributed by atoms with Crippen LogP contribution in [0.4, 0.5) is 0 Å². The predicted molar refractivity (Wildman–Crippen MR) is 115 cm³/mol. The monoisotopic (exact) mass is 385 g/mol. The van der Waals surface area contributed by atoms with Gasteiger partial charge in [0.2, 0.25) is 0 Å². The number of carbonyl (C=O) groups is 1. The van der Waals surface area contributed by atoms with E-state index < -0.39 is 0 Å². The molecular weight excluding hydrogens is 338 g/mol. The van der Waals surface area contributed by atoms with E-state index in [2.05, 4.69) is 18.7 Å². The number of aliphatic hydroxyl groups is 2. The van der Waals surface area contributed by atoms with E-state index in [-0.39, 0.29) is 12.2 Å². The van der Waals surface area contributed by atoms with Crippen molar-refractivity contribution in [3.8, 4) is 0 Å². The van der Waals surface area contributed by atoms with Gasteiger partial charge in [0.05, 0.1) is 12.2 Å². The van der Waals surface area contributed by atoms with Crippen LogP contribution < -0.4 is 0 Å². The smallest absolute Gasteiger partial charge is 0.121 e. The van der Waals surface area contributed by atoms with E-state index in [1.54, 1.807) is 0 Å². The number of rotatable bonds is 21. The first-order valence-corrected chi connectivity index (χ1v) is 11.7. The molecule has 0 rings (SSSR count). The minimum absolute atomic E-state index is 0.357. The van der Waals surface area contributed by atoms with Crippen molar-refractivity contribution in [2.45, 2.75) is 122 Å². The highest BCUT2D eigenvalue weighted by atomic mass is 16.3. The number of aldehydes is 1. The second-order valence-corrected chi connectivity index (χ2v) is 8.14. The molecule has 0 saturated heterocycles. The summed E-state index contributed by atoms with van der Waals surface area (Å²) in [5.41, 5.74) is 0. The number of unbranched alkanes of at least 4 members (excludes halogenated alkanes) is 10. The lowest BCUT2D eigenvalue weighted by Crippen LogP contribution is -2.38. The van der Waals surface area contributed by atoms with Crippen molar-refractivity contribution in [1.29, 1.82) is 0 Å². The highest BCUT2D eigenvalue weighted by Crippen LogP contribution is 2.12. The zero-order chi connectivity index (χ0) is 20.2. The predicted octanol–water partition coefficient (Wildman–Crippen LogP) is 5.10. The maximum absolute atomic E-state index is 10.7. The summed E-state index contributed by atoms with van der Waals surface area (Å²) in [4.78, 5) is 12.8. The Bertz CT molecular complexity index is 288. The van der Waals surface area contributed by atoms with Crippen LogP contribution in [0.2, 0.25) is 0 Å². The van der Waals surface area contributed by atoms with Crippen molar-refractivity contribution in [1.82, 2.24) is 4.90 Å². The van der Waals surface area contributed by atoms with Crippen LogP contribution in [0.1, 0.15) is 110 Å². The number of carbonyl (C=O) groups excluding carboxylic acids is 1. The van der Waals surface area contributed by atoms with Gasteiger partial charge in [0.1, 0.15) is 6.29 Å². The zero-order valence-corrected chi connectivity index (χ0v) is 18.2. The average molecular weight is 386 g/mol. The van der Waals surface area contributed by atoms with Crippen molar-refractivity contribution in [3.63, 3.8) is 0 Å². The molecule has 4 nitrogen and oxygen atoms in total. The molecule has 0 aliphatic heterocycles. The molecule has 0 heterocycles. The summed E-state index contributed by atoms with van der Waals surface area (Å²) in [6.45, 7) is 6.20. The Morgan fingerprint density at radius 3 is 1.52 bits per heavy atom. The molecule has 0 fully saturated rings. The van der Waals surface area contributed by atoms with Crippen LogP contribution in [0.15, 0.2) is 0 Å². The van der Waals surface area contributed by atoms with Crippen molar-refractivity contribution >= 4 is 6.29 Å². The first-order chi connectivity index (χ1) is 13.1. The van der Waals surface area contributed by atoms with E-state index in [0.29, 0.717) is 26.1 Å².